The second-order valence-corrected chi connectivity index (χ2v) is 9.88. The number of rotatable bonds is 4. The van der Waals surface area contributed by atoms with Gasteiger partial charge in [-0.25, -0.2) is 0 Å². The lowest BCUT2D eigenvalue weighted by Crippen LogP contribution is -2.59. The smallest absolute Gasteiger partial charge is 0.380 e. The summed E-state index contributed by atoms with van der Waals surface area (Å²) in [6.07, 6.45) is -3.82. The number of aliphatic hydroxyl groups is 1. The van der Waals surface area contributed by atoms with Crippen LogP contribution in [0.2, 0.25) is 0 Å². The van der Waals surface area contributed by atoms with Gasteiger partial charge in [0.25, 0.3) is 5.91 Å². The molecule has 1 atom stereocenters. The minimum Gasteiger partial charge on any atom is -0.380 e. The van der Waals surface area contributed by atoms with Crippen molar-refractivity contribution in [1.29, 1.82) is 0 Å². The van der Waals surface area contributed by atoms with Gasteiger partial charge in [-0.15, -0.1) is 0 Å². The zero-order chi connectivity index (χ0) is 24.7. The van der Waals surface area contributed by atoms with Crippen LogP contribution in [-0.2, 0) is 15.1 Å². The fourth-order valence-corrected chi connectivity index (χ4v) is 5.26. The van der Waals surface area contributed by atoms with Crippen LogP contribution in [0, 0.1) is 0 Å². The normalized spacial score (nSPS) is 24.2. The third-order valence-corrected chi connectivity index (χ3v) is 7.22. The highest BCUT2D eigenvalue weighted by Crippen LogP contribution is 2.39. The van der Waals surface area contributed by atoms with Gasteiger partial charge in [-0.05, 0) is 36.1 Å². The van der Waals surface area contributed by atoms with E-state index in [9.17, 15) is 23.1 Å². The molecule has 1 N–H and O–H groups in total. The zero-order valence-electron chi connectivity index (χ0n) is 19.3. The van der Waals surface area contributed by atoms with Gasteiger partial charge >= 0.3 is 6.18 Å². The summed E-state index contributed by atoms with van der Waals surface area (Å²) in [7, 11) is 0. The van der Waals surface area contributed by atoms with E-state index < -0.39 is 30.0 Å². The molecule has 2 aromatic rings. The Morgan fingerprint density at radius 1 is 1.03 bits per heavy atom. The van der Waals surface area contributed by atoms with E-state index in [1.54, 1.807) is 29.2 Å². The third-order valence-electron chi connectivity index (χ3n) is 7.22. The molecule has 9 heteroatoms. The Balaban J connectivity index is 1.27. The lowest BCUT2D eigenvalue weighted by Gasteiger charge is -2.50. The Morgan fingerprint density at radius 2 is 1.69 bits per heavy atom. The number of morpholine rings is 1. The zero-order valence-corrected chi connectivity index (χ0v) is 19.3. The van der Waals surface area contributed by atoms with Crippen LogP contribution in [0.4, 0.5) is 13.2 Å². The average Bonchev–Trinajstić information content (AvgIpc) is 2.82. The molecule has 0 aliphatic carbocycles. The predicted octanol–water partition coefficient (Wildman–Crippen LogP) is 3.52. The summed E-state index contributed by atoms with van der Waals surface area (Å²) >= 11 is 0. The molecule has 0 radical (unpaired) electrons. The van der Waals surface area contributed by atoms with Crippen molar-refractivity contribution in [1.82, 2.24) is 9.80 Å². The highest BCUT2D eigenvalue weighted by molar-refractivity contribution is 5.94. The van der Waals surface area contributed by atoms with E-state index in [-0.39, 0.29) is 32.2 Å². The number of ether oxygens (including phenoxy) is 2. The van der Waals surface area contributed by atoms with Gasteiger partial charge in [0.1, 0.15) is 5.60 Å². The van der Waals surface area contributed by atoms with Gasteiger partial charge in [0.2, 0.25) is 0 Å². The minimum absolute atomic E-state index is 0.134. The number of amides is 1. The molecule has 1 unspecified atom stereocenters. The molecule has 3 fully saturated rings. The van der Waals surface area contributed by atoms with Gasteiger partial charge in [0, 0.05) is 31.7 Å². The van der Waals surface area contributed by atoms with Crippen molar-refractivity contribution in [3.63, 3.8) is 0 Å². The highest BCUT2D eigenvalue weighted by atomic mass is 19.4. The largest absolute Gasteiger partial charge is 0.401 e. The number of benzene rings is 2. The number of halogens is 3. The molecule has 35 heavy (non-hydrogen) atoms. The second kappa shape index (κ2) is 9.20. The number of carbonyl (C=O) groups is 1. The second-order valence-electron chi connectivity index (χ2n) is 9.88. The molecule has 0 saturated carbocycles. The Bertz CT molecular complexity index is 1030. The van der Waals surface area contributed by atoms with Gasteiger partial charge in [0.15, 0.2) is 0 Å². The number of piperidine rings is 1. The van der Waals surface area contributed by atoms with E-state index in [1.807, 2.05) is 30.3 Å². The first-order chi connectivity index (χ1) is 16.6. The van der Waals surface area contributed by atoms with Crippen LogP contribution >= 0.6 is 0 Å². The Kier molecular flexibility index (Phi) is 6.37. The molecule has 3 heterocycles. The molecule has 3 aliphatic heterocycles. The number of hydrogen-bond acceptors (Lipinski definition) is 5. The molecule has 0 aromatic heterocycles. The van der Waals surface area contributed by atoms with E-state index in [4.69, 9.17) is 9.47 Å². The van der Waals surface area contributed by atoms with Crippen LogP contribution < -0.4 is 0 Å². The number of alkyl halides is 3. The van der Waals surface area contributed by atoms with Gasteiger partial charge in [-0.1, -0.05) is 42.5 Å². The van der Waals surface area contributed by atoms with Gasteiger partial charge < -0.3 is 19.5 Å². The number of nitrogens with zero attached hydrogens (tertiary/aromatic N) is 2. The molecule has 3 saturated heterocycles. The fraction of sp³-hybridized carbons (Fsp3) is 0.500. The minimum atomic E-state index is -4.29. The maximum atomic E-state index is 13.3. The average molecular weight is 491 g/mol. The molecule has 0 bridgehead atoms. The first-order valence-corrected chi connectivity index (χ1v) is 11.9. The number of hydrogen-bond donors (Lipinski definition) is 1. The van der Waals surface area contributed by atoms with Crippen molar-refractivity contribution in [3.8, 4) is 0 Å². The Labute approximate surface area is 202 Å². The summed E-state index contributed by atoms with van der Waals surface area (Å²) < 4.78 is 51.3. The SMILES string of the molecule is O=C(c1ccc(C2(O)COC2)cc1)N1CCC2(CC1)CN(CC(F)(F)F)CC(c1ccccc1)O2. The van der Waals surface area contributed by atoms with E-state index in [0.717, 1.165) is 5.56 Å². The maximum Gasteiger partial charge on any atom is 0.401 e. The summed E-state index contributed by atoms with van der Waals surface area (Å²) in [6, 6.07) is 16.2. The van der Waals surface area contributed by atoms with Gasteiger partial charge in [-0.3, -0.25) is 9.69 Å². The van der Waals surface area contributed by atoms with Crippen LogP contribution in [0.15, 0.2) is 54.6 Å². The van der Waals surface area contributed by atoms with Crippen molar-refractivity contribution in [3.05, 3.63) is 71.3 Å². The monoisotopic (exact) mass is 490 g/mol. The molecular weight excluding hydrogens is 461 g/mol. The highest BCUT2D eigenvalue weighted by Gasteiger charge is 2.46. The van der Waals surface area contributed by atoms with E-state index in [0.29, 0.717) is 37.1 Å². The molecule has 3 aliphatic rings. The van der Waals surface area contributed by atoms with Crippen LogP contribution in [0.5, 0.6) is 0 Å². The maximum absolute atomic E-state index is 13.3. The number of carbonyl (C=O) groups excluding carboxylic acids is 1. The van der Waals surface area contributed by atoms with E-state index in [1.165, 1.54) is 4.90 Å². The Hall–Kier alpha value is -2.46. The quantitative estimate of drug-likeness (QED) is 0.711. The third kappa shape index (κ3) is 5.23. The molecule has 5 rings (SSSR count). The molecule has 188 valence electrons. The first-order valence-electron chi connectivity index (χ1n) is 11.9. The van der Waals surface area contributed by atoms with E-state index in [2.05, 4.69) is 0 Å². The molecule has 1 spiro atoms. The summed E-state index contributed by atoms with van der Waals surface area (Å²) in [5.41, 5.74) is 0.354. The summed E-state index contributed by atoms with van der Waals surface area (Å²) in [5.74, 6) is -0.134. The fourth-order valence-electron chi connectivity index (χ4n) is 5.26. The van der Waals surface area contributed by atoms with Crippen LogP contribution in [0.1, 0.15) is 40.4 Å². The summed E-state index contributed by atoms with van der Waals surface area (Å²) in [5, 5.41) is 10.4. The van der Waals surface area contributed by atoms with Crippen molar-refractivity contribution in [2.45, 2.75) is 36.3 Å². The van der Waals surface area contributed by atoms with E-state index >= 15 is 0 Å². The topological polar surface area (TPSA) is 62.2 Å². The van der Waals surface area contributed by atoms with Crippen molar-refractivity contribution < 1.29 is 32.5 Å². The molecule has 6 nitrogen and oxygen atoms in total. The molecule has 2 aromatic carbocycles. The molecular formula is C26H29F3N2O4. The van der Waals surface area contributed by atoms with Crippen LogP contribution in [0.3, 0.4) is 0 Å². The van der Waals surface area contributed by atoms with Crippen molar-refractivity contribution >= 4 is 5.91 Å². The summed E-state index contributed by atoms with van der Waals surface area (Å²) in [4.78, 5) is 16.3. The lowest BCUT2D eigenvalue weighted by atomic mass is 9.87. The van der Waals surface area contributed by atoms with Crippen molar-refractivity contribution in [2.24, 2.45) is 0 Å². The standard InChI is InChI=1S/C26H29F3N2O4/c27-26(28,29)16-30-14-22(19-4-2-1-3-5-19)35-24(15-30)10-12-31(13-11-24)23(32)20-6-8-21(9-7-20)25(33)17-34-18-25/h1-9,22,33H,10-18H2. The van der Waals surface area contributed by atoms with Crippen LogP contribution in [-0.4, -0.2) is 78.5 Å². The van der Waals surface area contributed by atoms with Crippen LogP contribution in [0.25, 0.3) is 0 Å². The number of likely N-dealkylation sites (tertiary alicyclic amines) is 1. The predicted molar refractivity (Wildman–Crippen MR) is 122 cm³/mol. The summed E-state index contributed by atoms with van der Waals surface area (Å²) in [6.45, 7) is 0.672. The van der Waals surface area contributed by atoms with Gasteiger partial charge in [-0.2, -0.15) is 13.2 Å². The molecule has 1 amide bonds. The first kappa shape index (κ1) is 24.2. The van der Waals surface area contributed by atoms with Crippen molar-refractivity contribution in [2.75, 3.05) is 45.9 Å². The Morgan fingerprint density at radius 3 is 2.26 bits per heavy atom. The van der Waals surface area contributed by atoms with Gasteiger partial charge in [0.05, 0.1) is 31.5 Å². The lowest BCUT2D eigenvalue weighted by molar-refractivity contribution is -0.205.